The van der Waals surface area contributed by atoms with Gasteiger partial charge in [0.15, 0.2) is 0 Å². The first-order valence-electron chi connectivity index (χ1n) is 12.1. The Morgan fingerprint density at radius 2 is 1.43 bits per heavy atom. The van der Waals surface area contributed by atoms with E-state index in [0.717, 1.165) is 63.5 Å². The van der Waals surface area contributed by atoms with Crippen LogP contribution in [-0.2, 0) is 9.59 Å². The molecule has 0 bridgehead atoms. The molecule has 0 saturated heterocycles. The number of hydrogen-bond donors (Lipinski definition) is 3. The molecule has 0 aromatic heterocycles. The predicted octanol–water partition coefficient (Wildman–Crippen LogP) is 6.66. The highest BCUT2D eigenvalue weighted by Gasteiger charge is 2.20. The summed E-state index contributed by atoms with van der Waals surface area (Å²) in [7, 11) is 0. The number of rotatable bonds is 20. The van der Waals surface area contributed by atoms with Gasteiger partial charge in [0.1, 0.15) is 6.04 Å². The van der Waals surface area contributed by atoms with Crippen molar-refractivity contribution in [2.75, 3.05) is 0 Å². The molecule has 1 unspecified atom stereocenters. The van der Waals surface area contributed by atoms with E-state index in [2.05, 4.69) is 24.4 Å². The van der Waals surface area contributed by atoms with Crippen molar-refractivity contribution in [2.45, 2.75) is 123 Å². The highest BCUT2D eigenvalue weighted by atomic mass is 16.4. The van der Waals surface area contributed by atoms with Crippen molar-refractivity contribution in [3.8, 4) is 0 Å². The lowest BCUT2D eigenvalue weighted by Gasteiger charge is -2.16. The summed E-state index contributed by atoms with van der Waals surface area (Å²) in [5.41, 5.74) is 0.860. The van der Waals surface area contributed by atoms with Crippen molar-refractivity contribution in [1.29, 1.82) is 5.41 Å². The fraction of sp³-hybridized carbons (Fsp3) is 0.800. The molecular formula is C25H46N2O3. The van der Waals surface area contributed by atoms with E-state index in [4.69, 9.17) is 10.5 Å². The lowest BCUT2D eigenvalue weighted by Crippen LogP contribution is -2.41. The van der Waals surface area contributed by atoms with Gasteiger partial charge in [-0.05, 0) is 63.7 Å². The van der Waals surface area contributed by atoms with Crippen LogP contribution in [0.1, 0.15) is 117 Å². The number of aliphatic carboxylic acids is 1. The number of carbonyl (C=O) groups excluding carboxylic acids is 1. The van der Waals surface area contributed by atoms with E-state index in [1.165, 1.54) is 25.7 Å². The Labute approximate surface area is 184 Å². The second-order valence-electron chi connectivity index (χ2n) is 8.82. The summed E-state index contributed by atoms with van der Waals surface area (Å²) in [6, 6.07) is -0.778. The van der Waals surface area contributed by atoms with Gasteiger partial charge in [0.05, 0.1) is 0 Å². The van der Waals surface area contributed by atoms with Crippen LogP contribution in [0.4, 0.5) is 0 Å². The smallest absolute Gasteiger partial charge is 0.326 e. The molecule has 1 amide bonds. The van der Waals surface area contributed by atoms with E-state index in [1.807, 2.05) is 13.8 Å². The summed E-state index contributed by atoms with van der Waals surface area (Å²) in [6.45, 7) is 6.13. The molecule has 0 aliphatic rings. The molecule has 1 atom stereocenters. The molecule has 30 heavy (non-hydrogen) atoms. The van der Waals surface area contributed by atoms with Gasteiger partial charge in [0, 0.05) is 12.1 Å². The number of unbranched alkanes of at least 4 members (excludes halogenated alkanes) is 8. The van der Waals surface area contributed by atoms with E-state index < -0.39 is 12.0 Å². The van der Waals surface area contributed by atoms with Crippen molar-refractivity contribution in [2.24, 2.45) is 5.92 Å². The normalized spacial score (nSPS) is 12.4. The van der Waals surface area contributed by atoms with Crippen LogP contribution in [0.2, 0.25) is 0 Å². The summed E-state index contributed by atoms with van der Waals surface area (Å²) < 4.78 is 0. The van der Waals surface area contributed by atoms with Crippen molar-refractivity contribution < 1.29 is 14.7 Å². The Hall–Kier alpha value is -1.65. The molecule has 0 heterocycles. The molecule has 174 valence electrons. The molecule has 0 aromatic rings. The zero-order valence-corrected chi connectivity index (χ0v) is 19.7. The lowest BCUT2D eigenvalue weighted by atomic mass is 10.0. The molecule has 0 aromatic carbocycles. The largest absolute Gasteiger partial charge is 0.480 e. The molecule has 0 rings (SSSR count). The van der Waals surface area contributed by atoms with E-state index in [9.17, 15) is 9.59 Å². The number of carboxylic acids is 1. The monoisotopic (exact) mass is 422 g/mol. The minimum atomic E-state index is -0.956. The minimum absolute atomic E-state index is 0.163. The van der Waals surface area contributed by atoms with Gasteiger partial charge in [0.2, 0.25) is 5.91 Å². The molecule has 5 nitrogen and oxygen atoms in total. The van der Waals surface area contributed by atoms with Gasteiger partial charge >= 0.3 is 5.97 Å². The van der Waals surface area contributed by atoms with E-state index in [-0.39, 0.29) is 11.8 Å². The average molecular weight is 423 g/mol. The number of carbonyl (C=O) groups is 2. The second kappa shape index (κ2) is 19.3. The van der Waals surface area contributed by atoms with Crippen LogP contribution >= 0.6 is 0 Å². The summed E-state index contributed by atoms with van der Waals surface area (Å²) >= 11 is 0. The maximum atomic E-state index is 11.9. The highest BCUT2D eigenvalue weighted by Crippen LogP contribution is 2.11. The molecule has 0 fully saturated rings. The Bertz CT molecular complexity index is 501. The van der Waals surface area contributed by atoms with Crippen LogP contribution in [0, 0.1) is 11.3 Å². The summed E-state index contributed by atoms with van der Waals surface area (Å²) in [5, 5.41) is 19.9. The fourth-order valence-corrected chi connectivity index (χ4v) is 3.42. The molecule has 0 spiro atoms. The Morgan fingerprint density at radius 3 is 2.03 bits per heavy atom. The number of amides is 1. The van der Waals surface area contributed by atoms with E-state index in [1.54, 1.807) is 0 Å². The average Bonchev–Trinajstić information content (AvgIpc) is 2.68. The summed E-state index contributed by atoms with van der Waals surface area (Å²) in [4.78, 5) is 23.1. The van der Waals surface area contributed by atoms with Gasteiger partial charge in [-0.2, -0.15) is 0 Å². The van der Waals surface area contributed by atoms with Crippen molar-refractivity contribution in [3.05, 3.63) is 12.2 Å². The first-order valence-corrected chi connectivity index (χ1v) is 12.1. The van der Waals surface area contributed by atoms with Gasteiger partial charge in [-0.1, -0.05) is 65.0 Å². The molecule has 0 aliphatic carbocycles. The van der Waals surface area contributed by atoms with Crippen LogP contribution in [0.3, 0.4) is 0 Å². The lowest BCUT2D eigenvalue weighted by molar-refractivity contribution is -0.142. The van der Waals surface area contributed by atoms with Gasteiger partial charge in [-0.25, -0.2) is 4.79 Å². The minimum Gasteiger partial charge on any atom is -0.480 e. The highest BCUT2D eigenvalue weighted by molar-refractivity contribution is 5.83. The van der Waals surface area contributed by atoms with Gasteiger partial charge in [-0.15, -0.1) is 0 Å². The topological polar surface area (TPSA) is 90.3 Å². The molecule has 0 radical (unpaired) electrons. The first-order chi connectivity index (χ1) is 14.4. The standard InChI is InChI=1S/C25H46N2O3/c1-4-5-6-7-8-9-11-14-17-22(26)18-15-12-10-13-16-19-24(28)27-23(25(29)30)20-21(2)3/h8-9,21,23,26H,4-7,10-20H2,1-3H3,(H,27,28)(H,29,30). The zero-order chi connectivity index (χ0) is 22.6. The SMILES string of the molecule is CCCCCC=CCCCC(=N)CCCCCCCC(=O)NC(CC(C)C)C(=O)O. The number of allylic oxidation sites excluding steroid dienone is 2. The quantitative estimate of drug-likeness (QED) is 0.116. The molecule has 5 heteroatoms. The van der Waals surface area contributed by atoms with Gasteiger partial charge < -0.3 is 15.8 Å². The van der Waals surface area contributed by atoms with Gasteiger partial charge in [-0.3, -0.25) is 4.79 Å². The van der Waals surface area contributed by atoms with Crippen LogP contribution in [0.15, 0.2) is 12.2 Å². The molecule has 3 N–H and O–H groups in total. The maximum absolute atomic E-state index is 11.9. The number of nitrogens with one attached hydrogen (secondary N) is 2. The zero-order valence-electron chi connectivity index (χ0n) is 19.7. The predicted molar refractivity (Wildman–Crippen MR) is 126 cm³/mol. The van der Waals surface area contributed by atoms with Crippen molar-refractivity contribution in [3.63, 3.8) is 0 Å². The fourth-order valence-electron chi connectivity index (χ4n) is 3.42. The molecular weight excluding hydrogens is 376 g/mol. The van der Waals surface area contributed by atoms with Crippen molar-refractivity contribution >= 4 is 17.6 Å². The van der Waals surface area contributed by atoms with E-state index >= 15 is 0 Å². The van der Waals surface area contributed by atoms with Gasteiger partial charge in [0.25, 0.3) is 0 Å². The second-order valence-corrected chi connectivity index (χ2v) is 8.82. The Kier molecular flexibility index (Phi) is 18.3. The third kappa shape index (κ3) is 18.4. The summed E-state index contributed by atoms with van der Waals surface area (Å²) in [6.07, 6.45) is 19.4. The van der Waals surface area contributed by atoms with E-state index in [0.29, 0.717) is 12.8 Å². The van der Waals surface area contributed by atoms with Crippen LogP contribution < -0.4 is 5.32 Å². The molecule has 0 saturated carbocycles. The third-order valence-corrected chi connectivity index (χ3v) is 5.21. The third-order valence-electron chi connectivity index (χ3n) is 5.21. The molecule has 0 aliphatic heterocycles. The van der Waals surface area contributed by atoms with Crippen molar-refractivity contribution in [1.82, 2.24) is 5.32 Å². The Balaban J connectivity index is 3.60. The number of carboxylic acid groups (broad SMARTS) is 1. The van der Waals surface area contributed by atoms with Crippen LogP contribution in [0.5, 0.6) is 0 Å². The summed E-state index contributed by atoms with van der Waals surface area (Å²) in [5.74, 6) is -0.885. The Morgan fingerprint density at radius 1 is 0.867 bits per heavy atom. The maximum Gasteiger partial charge on any atom is 0.326 e. The van der Waals surface area contributed by atoms with Crippen LogP contribution in [-0.4, -0.2) is 28.7 Å². The number of hydrogen-bond acceptors (Lipinski definition) is 3. The first kappa shape index (κ1) is 28.4. The van der Waals surface area contributed by atoms with Crippen LogP contribution in [0.25, 0.3) is 0 Å².